The fourth-order valence-corrected chi connectivity index (χ4v) is 2.22. The molecule has 3 N–H and O–H groups in total. The van der Waals surface area contributed by atoms with Crippen LogP contribution in [0.1, 0.15) is 12.0 Å². The summed E-state index contributed by atoms with van der Waals surface area (Å²) in [6, 6.07) is 7.20. The lowest BCUT2D eigenvalue weighted by Gasteiger charge is -2.33. The van der Waals surface area contributed by atoms with Gasteiger partial charge in [0.2, 0.25) is 0 Å². The molecular formula is C14H19NO5. The van der Waals surface area contributed by atoms with Crippen molar-refractivity contribution in [2.45, 2.75) is 25.2 Å². The minimum absolute atomic E-state index is 0.352. The summed E-state index contributed by atoms with van der Waals surface area (Å²) in [7, 11) is 0. The number of hydrogen-bond donors (Lipinski definition) is 3. The van der Waals surface area contributed by atoms with E-state index in [1.54, 1.807) is 12.1 Å². The number of β-amino-alcohol motifs (C(OH)–C–C–N with tert-alkyl or cyclic N) is 1. The molecule has 2 atom stereocenters. The Balaban J connectivity index is 1.86. The normalized spacial score (nSPS) is 23.5. The SMILES string of the molecule is O=C(O)COc1ccc(CN2CC[C@H](O)[C@@H](O)C2)cc1. The van der Waals surface area contributed by atoms with Crippen molar-refractivity contribution in [1.82, 2.24) is 4.90 Å². The number of carboxylic acids is 1. The topological polar surface area (TPSA) is 90.2 Å². The first-order chi connectivity index (χ1) is 9.54. The summed E-state index contributed by atoms with van der Waals surface area (Å²) in [6.45, 7) is 1.53. The molecule has 1 aromatic carbocycles. The molecule has 1 saturated heterocycles. The van der Waals surface area contributed by atoms with E-state index in [0.29, 0.717) is 25.3 Å². The lowest BCUT2D eigenvalue weighted by molar-refractivity contribution is -0.139. The van der Waals surface area contributed by atoms with E-state index in [4.69, 9.17) is 9.84 Å². The van der Waals surface area contributed by atoms with Gasteiger partial charge in [0.15, 0.2) is 6.61 Å². The van der Waals surface area contributed by atoms with Crippen LogP contribution in [0.2, 0.25) is 0 Å². The summed E-state index contributed by atoms with van der Waals surface area (Å²) in [6.07, 6.45) is -0.749. The van der Waals surface area contributed by atoms with Crippen LogP contribution in [0.4, 0.5) is 0 Å². The Bertz CT molecular complexity index is 447. The lowest BCUT2D eigenvalue weighted by atomic mass is 10.0. The van der Waals surface area contributed by atoms with Gasteiger partial charge in [-0.2, -0.15) is 0 Å². The average Bonchev–Trinajstić information content (AvgIpc) is 2.42. The van der Waals surface area contributed by atoms with Crippen LogP contribution in [-0.2, 0) is 11.3 Å². The fraction of sp³-hybridized carbons (Fsp3) is 0.500. The van der Waals surface area contributed by atoms with Crippen LogP contribution in [0, 0.1) is 0 Å². The van der Waals surface area contributed by atoms with Gasteiger partial charge in [0.1, 0.15) is 5.75 Å². The van der Waals surface area contributed by atoms with Crippen LogP contribution in [0.25, 0.3) is 0 Å². The predicted molar refractivity (Wildman–Crippen MR) is 71.5 cm³/mol. The van der Waals surface area contributed by atoms with Gasteiger partial charge in [-0.25, -0.2) is 4.79 Å². The van der Waals surface area contributed by atoms with Crippen molar-refractivity contribution in [3.05, 3.63) is 29.8 Å². The molecule has 0 bridgehead atoms. The summed E-state index contributed by atoms with van der Waals surface area (Å²) >= 11 is 0. The van der Waals surface area contributed by atoms with Crippen molar-refractivity contribution in [3.63, 3.8) is 0 Å². The first kappa shape index (κ1) is 14.8. The molecule has 0 unspecified atom stereocenters. The van der Waals surface area contributed by atoms with Gasteiger partial charge >= 0.3 is 5.97 Å². The quantitative estimate of drug-likeness (QED) is 0.708. The molecule has 0 aliphatic carbocycles. The van der Waals surface area contributed by atoms with Gasteiger partial charge in [-0.1, -0.05) is 12.1 Å². The minimum Gasteiger partial charge on any atom is -0.482 e. The van der Waals surface area contributed by atoms with E-state index in [2.05, 4.69) is 4.90 Å². The largest absolute Gasteiger partial charge is 0.482 e. The van der Waals surface area contributed by atoms with Crippen molar-refractivity contribution in [3.8, 4) is 5.75 Å². The van der Waals surface area contributed by atoms with Crippen molar-refractivity contribution in [2.75, 3.05) is 19.7 Å². The van der Waals surface area contributed by atoms with Gasteiger partial charge in [-0.05, 0) is 24.1 Å². The zero-order valence-electron chi connectivity index (χ0n) is 11.1. The van der Waals surface area contributed by atoms with Gasteiger partial charge in [-0.15, -0.1) is 0 Å². The third-order valence-electron chi connectivity index (χ3n) is 3.32. The highest BCUT2D eigenvalue weighted by Crippen LogP contribution is 2.17. The number of carbonyl (C=O) groups is 1. The first-order valence-electron chi connectivity index (χ1n) is 6.56. The van der Waals surface area contributed by atoms with Crippen LogP contribution in [0.3, 0.4) is 0 Å². The molecule has 6 heteroatoms. The van der Waals surface area contributed by atoms with Gasteiger partial charge in [0.05, 0.1) is 12.2 Å². The number of nitrogens with zero attached hydrogens (tertiary/aromatic N) is 1. The molecule has 110 valence electrons. The third kappa shape index (κ3) is 4.19. The Hall–Kier alpha value is -1.63. The molecule has 20 heavy (non-hydrogen) atoms. The summed E-state index contributed by atoms with van der Waals surface area (Å²) in [5.41, 5.74) is 1.05. The van der Waals surface area contributed by atoms with E-state index in [1.165, 1.54) is 0 Å². The number of aliphatic carboxylic acids is 1. The Morgan fingerprint density at radius 1 is 1.25 bits per heavy atom. The van der Waals surface area contributed by atoms with E-state index < -0.39 is 18.2 Å². The molecule has 1 aliphatic heterocycles. The number of carboxylic acid groups (broad SMARTS) is 1. The van der Waals surface area contributed by atoms with Gasteiger partial charge in [0.25, 0.3) is 0 Å². The van der Waals surface area contributed by atoms with E-state index in [0.717, 1.165) is 12.1 Å². The fourth-order valence-electron chi connectivity index (χ4n) is 2.22. The van der Waals surface area contributed by atoms with Crippen molar-refractivity contribution in [2.24, 2.45) is 0 Å². The third-order valence-corrected chi connectivity index (χ3v) is 3.32. The van der Waals surface area contributed by atoms with Crippen LogP contribution in [0.15, 0.2) is 24.3 Å². The molecular weight excluding hydrogens is 262 g/mol. The monoisotopic (exact) mass is 281 g/mol. The van der Waals surface area contributed by atoms with E-state index in [-0.39, 0.29) is 6.61 Å². The second kappa shape index (κ2) is 6.69. The van der Waals surface area contributed by atoms with E-state index >= 15 is 0 Å². The zero-order chi connectivity index (χ0) is 14.5. The van der Waals surface area contributed by atoms with Crippen molar-refractivity contribution in [1.29, 1.82) is 0 Å². The second-order valence-electron chi connectivity index (χ2n) is 4.98. The standard InChI is InChI=1S/C14H19NO5/c16-12-5-6-15(8-13(12)17)7-10-1-3-11(4-2-10)20-9-14(18)19/h1-4,12-13,16-17H,5-9H2,(H,18,19)/t12-,13-/m0/s1. The number of likely N-dealkylation sites (tertiary alicyclic amines) is 1. The molecule has 0 amide bonds. The molecule has 1 aromatic rings. The maximum Gasteiger partial charge on any atom is 0.341 e. The maximum absolute atomic E-state index is 10.4. The van der Waals surface area contributed by atoms with Crippen molar-refractivity contribution >= 4 is 5.97 Å². The van der Waals surface area contributed by atoms with Crippen molar-refractivity contribution < 1.29 is 24.9 Å². The number of benzene rings is 1. The summed E-state index contributed by atoms with van der Waals surface area (Å²) in [5, 5.41) is 27.6. The number of hydrogen-bond acceptors (Lipinski definition) is 5. The molecule has 2 rings (SSSR count). The molecule has 1 heterocycles. The van der Waals surface area contributed by atoms with Crippen LogP contribution in [0.5, 0.6) is 5.75 Å². The highest BCUT2D eigenvalue weighted by Gasteiger charge is 2.25. The number of rotatable bonds is 5. The maximum atomic E-state index is 10.4. The number of piperidine rings is 1. The molecule has 1 aliphatic rings. The molecule has 0 aromatic heterocycles. The predicted octanol–water partition coefficient (Wildman–Crippen LogP) is 0.0775. The zero-order valence-corrected chi connectivity index (χ0v) is 11.1. The lowest BCUT2D eigenvalue weighted by Crippen LogP contribution is -2.46. The average molecular weight is 281 g/mol. The van der Waals surface area contributed by atoms with E-state index in [9.17, 15) is 15.0 Å². The Kier molecular flexibility index (Phi) is 4.94. The highest BCUT2D eigenvalue weighted by molar-refractivity contribution is 5.68. The molecule has 0 spiro atoms. The summed E-state index contributed by atoms with van der Waals surface area (Å²) in [4.78, 5) is 12.5. The molecule has 6 nitrogen and oxygen atoms in total. The second-order valence-corrected chi connectivity index (χ2v) is 4.98. The highest BCUT2D eigenvalue weighted by atomic mass is 16.5. The molecule has 0 radical (unpaired) electrons. The van der Waals surface area contributed by atoms with E-state index in [1.807, 2.05) is 12.1 Å². The van der Waals surface area contributed by atoms with Gasteiger partial charge < -0.3 is 20.1 Å². The minimum atomic E-state index is -1.00. The number of aliphatic hydroxyl groups is 2. The Morgan fingerprint density at radius 2 is 1.95 bits per heavy atom. The Morgan fingerprint density at radius 3 is 2.55 bits per heavy atom. The summed E-state index contributed by atoms with van der Waals surface area (Å²) < 4.78 is 5.06. The molecule has 1 fully saturated rings. The van der Waals surface area contributed by atoms with Crippen LogP contribution < -0.4 is 4.74 Å². The number of aliphatic hydroxyl groups excluding tert-OH is 2. The van der Waals surface area contributed by atoms with Gasteiger partial charge in [0, 0.05) is 19.6 Å². The van der Waals surface area contributed by atoms with Gasteiger partial charge in [-0.3, -0.25) is 4.90 Å². The summed E-state index contributed by atoms with van der Waals surface area (Å²) in [5.74, 6) is -0.486. The smallest absolute Gasteiger partial charge is 0.341 e. The number of ether oxygens (including phenoxy) is 1. The first-order valence-corrected chi connectivity index (χ1v) is 6.56. The molecule has 0 saturated carbocycles. The van der Waals surface area contributed by atoms with Crippen LogP contribution in [-0.4, -0.2) is 58.1 Å². The Labute approximate surface area is 117 Å². The van der Waals surface area contributed by atoms with Crippen LogP contribution >= 0.6 is 0 Å².